The average molecular weight is 480 g/mol. The summed E-state index contributed by atoms with van der Waals surface area (Å²) in [5.41, 5.74) is 1.01. The number of nitrogens with one attached hydrogen (secondary N) is 2. The molecule has 0 aliphatic heterocycles. The molecule has 0 aliphatic carbocycles. The molecule has 9 nitrogen and oxygen atoms in total. The second-order valence-electron chi connectivity index (χ2n) is 7.60. The summed E-state index contributed by atoms with van der Waals surface area (Å²) < 4.78 is 6.55. The standard InChI is InChI=1S/C24H22ClN5O4/c1-15(2)21(29-23(32)18-10-6-7-11-19(18)25)24(33)34-14-20(31)28-22-16(12-26)13-27-30(22)17-8-4-3-5-9-17/h3-11,13,15,21H,14H2,1-2H3,(H,28,31)(H,29,32)/t21-/m0/s1. The normalized spacial score (nSPS) is 11.4. The Morgan fingerprint density at radius 2 is 1.79 bits per heavy atom. The molecule has 1 aromatic heterocycles. The lowest BCUT2D eigenvalue weighted by atomic mass is 10.0. The van der Waals surface area contributed by atoms with Crippen LogP contribution in [0.15, 0.2) is 60.8 Å². The van der Waals surface area contributed by atoms with Crippen molar-refractivity contribution in [2.24, 2.45) is 5.92 Å². The Hall–Kier alpha value is -4.16. The van der Waals surface area contributed by atoms with Gasteiger partial charge >= 0.3 is 5.97 Å². The number of nitriles is 1. The number of amides is 2. The summed E-state index contributed by atoms with van der Waals surface area (Å²) in [5, 5.41) is 18.9. The van der Waals surface area contributed by atoms with Gasteiger partial charge in [0.2, 0.25) is 0 Å². The molecule has 1 heterocycles. The number of carbonyl (C=O) groups excluding carboxylic acids is 3. The first kappa shape index (κ1) is 24.5. The first-order chi connectivity index (χ1) is 16.3. The molecular formula is C24H22ClN5O4. The van der Waals surface area contributed by atoms with E-state index in [1.54, 1.807) is 56.3 Å². The van der Waals surface area contributed by atoms with Crippen molar-refractivity contribution in [3.63, 3.8) is 0 Å². The minimum atomic E-state index is -0.999. The van der Waals surface area contributed by atoms with Gasteiger partial charge in [-0.1, -0.05) is 55.8 Å². The fourth-order valence-corrected chi connectivity index (χ4v) is 3.29. The molecule has 34 heavy (non-hydrogen) atoms. The molecule has 1 atom stereocenters. The summed E-state index contributed by atoms with van der Waals surface area (Å²) in [7, 11) is 0. The number of rotatable bonds is 8. The van der Waals surface area contributed by atoms with Gasteiger partial charge in [-0.05, 0) is 30.2 Å². The van der Waals surface area contributed by atoms with E-state index in [1.165, 1.54) is 16.9 Å². The number of halogens is 1. The monoisotopic (exact) mass is 479 g/mol. The van der Waals surface area contributed by atoms with Crippen molar-refractivity contribution < 1.29 is 19.1 Å². The lowest BCUT2D eigenvalue weighted by Gasteiger charge is -2.21. The Bertz CT molecular complexity index is 1230. The van der Waals surface area contributed by atoms with Crippen LogP contribution in [0.1, 0.15) is 29.8 Å². The molecule has 0 radical (unpaired) electrons. The average Bonchev–Trinajstić information content (AvgIpc) is 3.23. The number of nitrogens with zero attached hydrogens (tertiary/aromatic N) is 3. The van der Waals surface area contributed by atoms with Crippen LogP contribution in [0, 0.1) is 17.2 Å². The minimum absolute atomic E-state index is 0.149. The minimum Gasteiger partial charge on any atom is -0.454 e. The van der Waals surface area contributed by atoms with Gasteiger partial charge in [0.05, 0.1) is 22.5 Å². The fraction of sp³-hybridized carbons (Fsp3) is 0.208. The SMILES string of the molecule is CC(C)[C@H](NC(=O)c1ccccc1Cl)C(=O)OCC(=O)Nc1c(C#N)cnn1-c1ccccc1. The molecule has 0 bridgehead atoms. The molecule has 2 N–H and O–H groups in total. The van der Waals surface area contributed by atoms with Gasteiger partial charge in [0.25, 0.3) is 11.8 Å². The third-order valence-electron chi connectivity index (χ3n) is 4.82. The highest BCUT2D eigenvalue weighted by Crippen LogP contribution is 2.20. The van der Waals surface area contributed by atoms with Gasteiger partial charge in [0, 0.05) is 0 Å². The molecule has 0 fully saturated rings. The van der Waals surface area contributed by atoms with Crippen LogP contribution < -0.4 is 10.6 Å². The highest BCUT2D eigenvalue weighted by molar-refractivity contribution is 6.33. The molecular weight excluding hydrogens is 458 g/mol. The Labute approximate surface area is 201 Å². The van der Waals surface area contributed by atoms with E-state index in [0.29, 0.717) is 5.69 Å². The molecule has 3 aromatic rings. The molecule has 0 spiro atoms. The maximum absolute atomic E-state index is 12.6. The second kappa shape index (κ2) is 11.1. The van der Waals surface area contributed by atoms with Gasteiger partial charge in [0.15, 0.2) is 12.4 Å². The van der Waals surface area contributed by atoms with E-state index in [9.17, 15) is 19.6 Å². The van der Waals surface area contributed by atoms with Crippen LogP contribution in [0.25, 0.3) is 5.69 Å². The molecule has 0 aliphatic rings. The van der Waals surface area contributed by atoms with Crippen LogP contribution in [0.2, 0.25) is 5.02 Å². The zero-order valence-electron chi connectivity index (χ0n) is 18.5. The predicted molar refractivity (Wildman–Crippen MR) is 125 cm³/mol. The van der Waals surface area contributed by atoms with Gasteiger partial charge in [-0.25, -0.2) is 9.48 Å². The molecule has 0 unspecified atom stereocenters. The van der Waals surface area contributed by atoms with Gasteiger partial charge in [0.1, 0.15) is 17.7 Å². The van der Waals surface area contributed by atoms with Gasteiger partial charge in [-0.15, -0.1) is 0 Å². The van der Waals surface area contributed by atoms with Gasteiger partial charge in [-0.3, -0.25) is 9.59 Å². The highest BCUT2D eigenvalue weighted by Gasteiger charge is 2.27. The number of hydrogen-bond acceptors (Lipinski definition) is 6. The molecule has 0 saturated carbocycles. The van der Waals surface area contributed by atoms with E-state index in [2.05, 4.69) is 15.7 Å². The summed E-state index contributed by atoms with van der Waals surface area (Å²) in [4.78, 5) is 37.7. The molecule has 10 heteroatoms. The number of hydrogen-bond donors (Lipinski definition) is 2. The zero-order chi connectivity index (χ0) is 24.7. The topological polar surface area (TPSA) is 126 Å². The van der Waals surface area contributed by atoms with Crippen LogP contribution in [0.3, 0.4) is 0 Å². The summed E-state index contributed by atoms with van der Waals surface area (Å²) in [5.74, 6) is -2.13. The van der Waals surface area contributed by atoms with Crippen LogP contribution in [-0.4, -0.2) is 40.2 Å². The van der Waals surface area contributed by atoms with Crippen molar-refractivity contribution in [3.8, 4) is 11.8 Å². The Morgan fingerprint density at radius 3 is 2.44 bits per heavy atom. The van der Waals surface area contributed by atoms with Crippen LogP contribution in [0.4, 0.5) is 5.82 Å². The molecule has 174 valence electrons. The largest absolute Gasteiger partial charge is 0.454 e. The van der Waals surface area contributed by atoms with E-state index < -0.39 is 30.4 Å². The number of carbonyl (C=O) groups is 3. The molecule has 0 saturated heterocycles. The molecule has 2 amide bonds. The first-order valence-corrected chi connectivity index (χ1v) is 10.7. The van der Waals surface area contributed by atoms with Crippen molar-refractivity contribution in [2.75, 3.05) is 11.9 Å². The third-order valence-corrected chi connectivity index (χ3v) is 5.15. The smallest absolute Gasteiger partial charge is 0.329 e. The summed E-state index contributed by atoms with van der Waals surface area (Å²) in [6, 6.07) is 16.4. The number of benzene rings is 2. The van der Waals surface area contributed by atoms with Gasteiger partial charge < -0.3 is 15.4 Å². The van der Waals surface area contributed by atoms with Crippen LogP contribution in [-0.2, 0) is 14.3 Å². The van der Waals surface area contributed by atoms with Crippen LogP contribution in [0.5, 0.6) is 0 Å². The molecule has 3 rings (SSSR count). The van der Waals surface area contributed by atoms with Crippen molar-refractivity contribution in [1.29, 1.82) is 5.26 Å². The van der Waals surface area contributed by atoms with Crippen LogP contribution >= 0.6 is 11.6 Å². The van der Waals surface area contributed by atoms with Crippen molar-refractivity contribution in [1.82, 2.24) is 15.1 Å². The van der Waals surface area contributed by atoms with E-state index >= 15 is 0 Å². The third kappa shape index (κ3) is 5.79. The fourth-order valence-electron chi connectivity index (χ4n) is 3.07. The second-order valence-corrected chi connectivity index (χ2v) is 8.00. The highest BCUT2D eigenvalue weighted by atomic mass is 35.5. The first-order valence-electron chi connectivity index (χ1n) is 10.4. The number of anilines is 1. The predicted octanol–water partition coefficient (Wildman–Crippen LogP) is 3.33. The Kier molecular flexibility index (Phi) is 8.01. The Morgan fingerprint density at radius 1 is 1.12 bits per heavy atom. The van der Waals surface area contributed by atoms with E-state index in [-0.39, 0.29) is 27.9 Å². The lowest BCUT2D eigenvalue weighted by Crippen LogP contribution is -2.46. The van der Waals surface area contributed by atoms with Crippen molar-refractivity contribution >= 4 is 35.2 Å². The lowest BCUT2D eigenvalue weighted by molar-refractivity contribution is -0.150. The quantitative estimate of drug-likeness (QED) is 0.477. The van der Waals surface area contributed by atoms with E-state index in [4.69, 9.17) is 16.3 Å². The number of esters is 1. The van der Waals surface area contributed by atoms with E-state index in [0.717, 1.165) is 0 Å². The number of para-hydroxylation sites is 1. The zero-order valence-corrected chi connectivity index (χ0v) is 19.2. The Balaban J connectivity index is 1.65. The van der Waals surface area contributed by atoms with E-state index in [1.807, 2.05) is 12.1 Å². The summed E-state index contributed by atoms with van der Waals surface area (Å²) in [6.07, 6.45) is 1.33. The number of ether oxygens (including phenoxy) is 1. The number of aromatic nitrogens is 2. The summed E-state index contributed by atoms with van der Waals surface area (Å²) in [6.45, 7) is 2.85. The summed E-state index contributed by atoms with van der Waals surface area (Å²) >= 11 is 6.05. The molecule has 2 aromatic carbocycles. The van der Waals surface area contributed by atoms with Gasteiger partial charge in [-0.2, -0.15) is 10.4 Å². The van der Waals surface area contributed by atoms with Crippen molar-refractivity contribution in [2.45, 2.75) is 19.9 Å². The van der Waals surface area contributed by atoms with Crippen molar-refractivity contribution in [3.05, 3.63) is 76.9 Å². The maximum Gasteiger partial charge on any atom is 0.329 e. The maximum atomic E-state index is 12.6.